The second kappa shape index (κ2) is 11.5. The number of carbonyl (C=O) groups excluding carboxylic acids is 2. The number of benzene rings is 3. The van der Waals surface area contributed by atoms with E-state index in [-0.39, 0.29) is 18.2 Å². The summed E-state index contributed by atoms with van der Waals surface area (Å²) in [7, 11) is 0. The van der Waals surface area contributed by atoms with E-state index < -0.39 is 12.1 Å². The molecule has 1 amide bonds. The fraction of sp³-hybridized carbons (Fsp3) is 0.207. The van der Waals surface area contributed by atoms with Crippen LogP contribution in [-0.4, -0.2) is 41.0 Å². The lowest BCUT2D eigenvalue weighted by molar-refractivity contribution is 0.0922. The molecule has 2 unspecified atom stereocenters. The van der Waals surface area contributed by atoms with Crippen LogP contribution in [0.2, 0.25) is 0 Å². The first-order valence-electron chi connectivity index (χ1n) is 11.8. The number of nitrogens with one attached hydrogen (secondary N) is 3. The fourth-order valence-corrected chi connectivity index (χ4v) is 4.08. The molecule has 0 aliphatic heterocycles. The van der Waals surface area contributed by atoms with E-state index in [2.05, 4.69) is 21.7 Å². The Morgan fingerprint density at radius 1 is 1.06 bits per heavy atom. The summed E-state index contributed by atoms with van der Waals surface area (Å²) in [6.45, 7) is 2.35. The molecule has 4 rings (SSSR count). The van der Waals surface area contributed by atoms with Gasteiger partial charge in [0, 0.05) is 41.3 Å². The lowest BCUT2D eigenvalue weighted by Crippen LogP contribution is -2.30. The van der Waals surface area contributed by atoms with Gasteiger partial charge in [0.2, 0.25) is 0 Å². The number of rotatable bonds is 10. The van der Waals surface area contributed by atoms with Crippen LogP contribution in [0.4, 0.5) is 0 Å². The Labute approximate surface area is 209 Å². The Balaban J connectivity index is 1.53. The molecule has 36 heavy (non-hydrogen) atoms. The summed E-state index contributed by atoms with van der Waals surface area (Å²) in [4.78, 5) is 29.2. The van der Waals surface area contributed by atoms with Crippen molar-refractivity contribution < 1.29 is 14.7 Å². The van der Waals surface area contributed by atoms with Crippen molar-refractivity contribution in [3.63, 3.8) is 0 Å². The van der Waals surface area contributed by atoms with Crippen LogP contribution in [0, 0.1) is 11.3 Å². The number of Topliss-reactive ketones (excluding diaryl/α,β-unsaturated/α-hetero) is 1. The van der Waals surface area contributed by atoms with Crippen LogP contribution in [0.3, 0.4) is 0 Å². The lowest BCUT2D eigenvalue weighted by Gasteiger charge is -2.18. The summed E-state index contributed by atoms with van der Waals surface area (Å²) in [6, 6.07) is 23.8. The molecule has 0 fully saturated rings. The minimum Gasteiger partial charge on any atom is -0.392 e. The van der Waals surface area contributed by atoms with E-state index in [1.165, 1.54) is 0 Å². The third-order valence-electron chi connectivity index (χ3n) is 6.01. The number of nitrogens with zero attached hydrogens (tertiary/aromatic N) is 1. The van der Waals surface area contributed by atoms with Crippen LogP contribution in [0.1, 0.15) is 50.4 Å². The van der Waals surface area contributed by atoms with E-state index in [1.807, 2.05) is 42.5 Å². The number of fused-ring (bicyclic) bond motifs is 1. The van der Waals surface area contributed by atoms with Crippen LogP contribution in [0.5, 0.6) is 0 Å². The SMILES string of the molecule is CC(O)CNC(=O)c1ccc2c(C(=O)C(NCCc3ccc(C#N)cc3)c3ccccc3)c[nH]c2c1. The summed E-state index contributed by atoms with van der Waals surface area (Å²) < 4.78 is 0. The van der Waals surface area contributed by atoms with Crippen molar-refractivity contribution >= 4 is 22.6 Å². The Morgan fingerprint density at radius 3 is 2.50 bits per heavy atom. The zero-order valence-electron chi connectivity index (χ0n) is 20.0. The number of nitriles is 1. The molecule has 1 heterocycles. The summed E-state index contributed by atoms with van der Waals surface area (Å²) in [5, 5.41) is 25.2. The molecule has 4 N–H and O–H groups in total. The van der Waals surface area contributed by atoms with E-state index in [0.717, 1.165) is 16.5 Å². The third kappa shape index (κ3) is 5.87. The number of H-pyrrole nitrogens is 1. The number of amides is 1. The van der Waals surface area contributed by atoms with Gasteiger partial charge in [-0.05, 0) is 48.7 Å². The van der Waals surface area contributed by atoms with Crippen molar-refractivity contribution in [1.29, 1.82) is 5.26 Å². The minimum atomic E-state index is -0.633. The molecule has 1 aromatic heterocycles. The standard InChI is InChI=1S/C29H28N4O3/c1-19(34)17-33-29(36)23-11-12-24-25(18-32-26(24)15-23)28(35)27(22-5-3-2-4-6-22)31-14-13-20-7-9-21(16-30)10-8-20/h2-12,15,18-19,27,31-32,34H,13-14,17H2,1H3,(H,33,36). The average Bonchev–Trinajstić information content (AvgIpc) is 3.33. The predicted octanol–water partition coefficient (Wildman–Crippen LogP) is 3.91. The largest absolute Gasteiger partial charge is 0.392 e. The van der Waals surface area contributed by atoms with Gasteiger partial charge in [0.15, 0.2) is 5.78 Å². The first-order chi connectivity index (χ1) is 17.5. The number of carbonyl (C=O) groups is 2. The van der Waals surface area contributed by atoms with Crippen LogP contribution < -0.4 is 10.6 Å². The predicted molar refractivity (Wildman–Crippen MR) is 139 cm³/mol. The molecule has 0 aliphatic carbocycles. The summed E-state index contributed by atoms with van der Waals surface area (Å²) in [6.07, 6.45) is 1.76. The molecule has 7 heteroatoms. The van der Waals surface area contributed by atoms with Gasteiger partial charge in [-0.3, -0.25) is 9.59 Å². The topological polar surface area (TPSA) is 118 Å². The number of aromatic amines is 1. The molecule has 182 valence electrons. The van der Waals surface area contributed by atoms with Crippen LogP contribution in [0.15, 0.2) is 79.0 Å². The smallest absolute Gasteiger partial charge is 0.251 e. The minimum absolute atomic E-state index is 0.0708. The number of hydrogen-bond acceptors (Lipinski definition) is 5. The normalized spacial score (nSPS) is 12.6. The molecule has 0 saturated carbocycles. The molecular formula is C29H28N4O3. The van der Waals surface area contributed by atoms with Gasteiger partial charge in [-0.15, -0.1) is 0 Å². The monoisotopic (exact) mass is 480 g/mol. The highest BCUT2D eigenvalue weighted by Crippen LogP contribution is 2.26. The maximum atomic E-state index is 13.7. The maximum absolute atomic E-state index is 13.7. The Morgan fingerprint density at radius 2 is 1.81 bits per heavy atom. The molecule has 0 radical (unpaired) electrons. The zero-order valence-corrected chi connectivity index (χ0v) is 20.0. The van der Waals surface area contributed by atoms with Crippen LogP contribution in [0.25, 0.3) is 10.9 Å². The second-order valence-corrected chi connectivity index (χ2v) is 8.74. The van der Waals surface area contributed by atoms with Crippen molar-refractivity contribution in [3.8, 4) is 6.07 Å². The summed E-state index contributed by atoms with van der Waals surface area (Å²) in [5.74, 6) is -0.356. The molecule has 0 spiro atoms. The molecule has 7 nitrogen and oxygen atoms in total. The van der Waals surface area contributed by atoms with Gasteiger partial charge < -0.3 is 20.7 Å². The van der Waals surface area contributed by atoms with Crippen molar-refractivity contribution in [3.05, 3.63) is 107 Å². The molecule has 4 aromatic rings. The van der Waals surface area contributed by atoms with Crippen LogP contribution >= 0.6 is 0 Å². The lowest BCUT2D eigenvalue weighted by atomic mass is 9.96. The summed E-state index contributed by atoms with van der Waals surface area (Å²) >= 11 is 0. The van der Waals surface area contributed by atoms with Gasteiger partial charge >= 0.3 is 0 Å². The number of aromatic nitrogens is 1. The van der Waals surface area contributed by atoms with E-state index in [1.54, 1.807) is 43.5 Å². The van der Waals surface area contributed by atoms with Crippen molar-refractivity contribution in [2.24, 2.45) is 0 Å². The van der Waals surface area contributed by atoms with Gasteiger partial charge in [0.25, 0.3) is 5.91 Å². The van der Waals surface area contributed by atoms with Crippen molar-refractivity contribution in [2.75, 3.05) is 13.1 Å². The highest BCUT2D eigenvalue weighted by atomic mass is 16.3. The van der Waals surface area contributed by atoms with E-state index >= 15 is 0 Å². The van der Waals surface area contributed by atoms with Gasteiger partial charge in [-0.25, -0.2) is 0 Å². The quantitative estimate of drug-likeness (QED) is 0.257. The fourth-order valence-electron chi connectivity index (χ4n) is 4.08. The van der Waals surface area contributed by atoms with Crippen molar-refractivity contribution in [1.82, 2.24) is 15.6 Å². The first kappa shape index (κ1) is 24.9. The van der Waals surface area contributed by atoms with E-state index in [9.17, 15) is 14.7 Å². The average molecular weight is 481 g/mol. The van der Waals surface area contributed by atoms with Gasteiger partial charge in [-0.2, -0.15) is 5.26 Å². The van der Waals surface area contributed by atoms with E-state index in [0.29, 0.717) is 35.2 Å². The first-order valence-corrected chi connectivity index (χ1v) is 11.8. The Kier molecular flexibility index (Phi) is 7.91. The molecular weight excluding hydrogens is 452 g/mol. The van der Waals surface area contributed by atoms with E-state index in [4.69, 9.17) is 5.26 Å². The molecule has 0 bridgehead atoms. The van der Waals surface area contributed by atoms with Crippen molar-refractivity contribution in [2.45, 2.75) is 25.5 Å². The molecule has 0 saturated heterocycles. The number of aliphatic hydroxyl groups excluding tert-OH is 1. The van der Waals surface area contributed by atoms with Gasteiger partial charge in [-0.1, -0.05) is 48.5 Å². The Hall–Kier alpha value is -4.25. The maximum Gasteiger partial charge on any atom is 0.251 e. The Bertz CT molecular complexity index is 1390. The molecule has 0 aliphatic rings. The third-order valence-corrected chi connectivity index (χ3v) is 6.01. The molecule has 2 atom stereocenters. The highest BCUT2D eigenvalue weighted by molar-refractivity contribution is 6.11. The molecule has 3 aromatic carbocycles. The van der Waals surface area contributed by atoms with Gasteiger partial charge in [0.05, 0.1) is 23.8 Å². The summed E-state index contributed by atoms with van der Waals surface area (Å²) in [5.41, 5.74) is 4.24. The second-order valence-electron chi connectivity index (χ2n) is 8.74. The zero-order chi connectivity index (χ0) is 25.5. The number of ketones is 1. The van der Waals surface area contributed by atoms with Gasteiger partial charge in [0.1, 0.15) is 0 Å². The number of aliphatic hydroxyl groups is 1. The highest BCUT2D eigenvalue weighted by Gasteiger charge is 2.24. The van der Waals surface area contributed by atoms with Crippen LogP contribution in [-0.2, 0) is 6.42 Å². The number of hydrogen-bond donors (Lipinski definition) is 4.